The Balaban J connectivity index is 2.37. The molecule has 4 nitrogen and oxygen atoms in total. The van der Waals surface area contributed by atoms with E-state index in [1.54, 1.807) is 0 Å². The van der Waals surface area contributed by atoms with E-state index < -0.39 is 0 Å². The van der Waals surface area contributed by atoms with E-state index in [4.69, 9.17) is 4.74 Å². The summed E-state index contributed by atoms with van der Waals surface area (Å²) in [5.74, 6) is 2.24. The van der Waals surface area contributed by atoms with Gasteiger partial charge in [0.1, 0.15) is 17.9 Å². The average Bonchev–Trinajstić information content (AvgIpc) is 2.41. The highest BCUT2D eigenvalue weighted by molar-refractivity contribution is 14.1. The lowest BCUT2D eigenvalue weighted by Gasteiger charge is -2.12. The van der Waals surface area contributed by atoms with Crippen molar-refractivity contribution in [2.45, 2.75) is 13.3 Å². The Labute approximate surface area is 120 Å². The van der Waals surface area contributed by atoms with Crippen molar-refractivity contribution in [3.8, 4) is 11.6 Å². The van der Waals surface area contributed by atoms with Crippen LogP contribution in [0.2, 0.25) is 0 Å². The Hall–Kier alpha value is -1.37. The first-order chi connectivity index (χ1) is 8.76. The quantitative estimate of drug-likeness (QED) is 0.854. The van der Waals surface area contributed by atoms with Crippen LogP contribution in [-0.4, -0.2) is 17.0 Å². The maximum absolute atomic E-state index is 5.88. The zero-order valence-corrected chi connectivity index (χ0v) is 12.4. The molecule has 0 saturated carbocycles. The summed E-state index contributed by atoms with van der Waals surface area (Å²) in [6, 6.07) is 7.86. The zero-order chi connectivity index (χ0) is 13.0. The summed E-state index contributed by atoms with van der Waals surface area (Å²) in [6.07, 6.45) is 2.33. The fourth-order valence-electron chi connectivity index (χ4n) is 1.65. The number of anilines is 1. The number of aromatic nitrogens is 2. The van der Waals surface area contributed by atoms with E-state index >= 15 is 0 Å². The second-order valence-electron chi connectivity index (χ2n) is 3.64. The summed E-state index contributed by atoms with van der Waals surface area (Å²) in [5, 5.41) is 3.05. The van der Waals surface area contributed by atoms with E-state index in [2.05, 4.69) is 44.8 Å². The molecule has 2 rings (SSSR count). The summed E-state index contributed by atoms with van der Waals surface area (Å²) < 4.78 is 6.93. The second-order valence-corrected chi connectivity index (χ2v) is 4.80. The third kappa shape index (κ3) is 2.72. The second kappa shape index (κ2) is 5.99. The van der Waals surface area contributed by atoms with Gasteiger partial charge in [-0.15, -0.1) is 0 Å². The number of benzene rings is 1. The van der Waals surface area contributed by atoms with Crippen molar-refractivity contribution in [1.29, 1.82) is 0 Å². The number of rotatable bonds is 4. The van der Waals surface area contributed by atoms with Gasteiger partial charge in [0.05, 0.1) is 9.13 Å². The Morgan fingerprint density at radius 3 is 2.72 bits per heavy atom. The highest BCUT2D eigenvalue weighted by atomic mass is 127. The van der Waals surface area contributed by atoms with Crippen LogP contribution >= 0.6 is 22.6 Å². The average molecular weight is 355 g/mol. The SMILES string of the molecule is CCc1c(NC)ncnc1Oc1ccccc1I. The molecule has 0 saturated heterocycles. The van der Waals surface area contributed by atoms with Crippen LogP contribution in [0.25, 0.3) is 0 Å². The van der Waals surface area contributed by atoms with Crippen molar-refractivity contribution >= 4 is 28.4 Å². The third-order valence-corrected chi connectivity index (χ3v) is 3.43. The first-order valence-electron chi connectivity index (χ1n) is 5.70. The van der Waals surface area contributed by atoms with Crippen LogP contribution in [0.4, 0.5) is 5.82 Å². The van der Waals surface area contributed by atoms with E-state index in [0.717, 1.165) is 27.1 Å². The predicted molar refractivity (Wildman–Crippen MR) is 80.2 cm³/mol. The lowest BCUT2D eigenvalue weighted by atomic mass is 10.2. The Bertz CT molecular complexity index is 546. The highest BCUT2D eigenvalue weighted by Gasteiger charge is 2.11. The van der Waals surface area contributed by atoms with Gasteiger partial charge in [-0.2, -0.15) is 0 Å². The lowest BCUT2D eigenvalue weighted by molar-refractivity contribution is 0.452. The van der Waals surface area contributed by atoms with Gasteiger partial charge in [-0.1, -0.05) is 19.1 Å². The van der Waals surface area contributed by atoms with Crippen LogP contribution in [0.3, 0.4) is 0 Å². The molecule has 5 heteroatoms. The van der Waals surface area contributed by atoms with Crippen molar-refractivity contribution < 1.29 is 4.74 Å². The van der Waals surface area contributed by atoms with Crippen molar-refractivity contribution in [2.75, 3.05) is 12.4 Å². The molecule has 94 valence electrons. The van der Waals surface area contributed by atoms with E-state index in [1.165, 1.54) is 6.33 Å². The molecular weight excluding hydrogens is 341 g/mol. The van der Waals surface area contributed by atoms with Crippen LogP contribution in [0, 0.1) is 3.57 Å². The topological polar surface area (TPSA) is 47.0 Å². The molecule has 0 bridgehead atoms. The molecule has 1 heterocycles. The van der Waals surface area contributed by atoms with Crippen LogP contribution in [0.5, 0.6) is 11.6 Å². The molecule has 0 amide bonds. The normalized spacial score (nSPS) is 10.2. The fraction of sp³-hybridized carbons (Fsp3) is 0.231. The number of nitrogens with one attached hydrogen (secondary N) is 1. The van der Waals surface area contributed by atoms with Gasteiger partial charge in [0.2, 0.25) is 5.88 Å². The first-order valence-corrected chi connectivity index (χ1v) is 6.78. The zero-order valence-electron chi connectivity index (χ0n) is 10.3. The molecule has 1 N–H and O–H groups in total. The first kappa shape index (κ1) is 13.1. The molecule has 0 spiro atoms. The van der Waals surface area contributed by atoms with E-state index in [1.807, 2.05) is 31.3 Å². The van der Waals surface area contributed by atoms with Crippen LogP contribution in [0.1, 0.15) is 12.5 Å². The van der Waals surface area contributed by atoms with Crippen LogP contribution in [-0.2, 0) is 6.42 Å². The molecule has 0 radical (unpaired) electrons. The number of halogens is 1. The summed E-state index contributed by atoms with van der Waals surface area (Å²) in [6.45, 7) is 2.06. The molecule has 1 aromatic carbocycles. The van der Waals surface area contributed by atoms with Gasteiger partial charge in [0, 0.05) is 7.05 Å². The number of para-hydroxylation sites is 1. The Kier molecular flexibility index (Phi) is 4.35. The maximum atomic E-state index is 5.88. The van der Waals surface area contributed by atoms with Crippen LogP contribution in [0.15, 0.2) is 30.6 Å². The Morgan fingerprint density at radius 2 is 2.06 bits per heavy atom. The Morgan fingerprint density at radius 1 is 1.28 bits per heavy atom. The van der Waals surface area contributed by atoms with Gasteiger partial charge in [0.15, 0.2) is 0 Å². The molecule has 18 heavy (non-hydrogen) atoms. The summed E-state index contributed by atoms with van der Waals surface area (Å²) >= 11 is 2.24. The molecule has 2 aromatic rings. The van der Waals surface area contributed by atoms with Gasteiger partial charge in [-0.25, -0.2) is 9.97 Å². The predicted octanol–water partition coefficient (Wildman–Crippen LogP) is 3.48. The smallest absolute Gasteiger partial charge is 0.227 e. The van der Waals surface area contributed by atoms with Crippen LogP contribution < -0.4 is 10.1 Å². The number of hydrogen-bond acceptors (Lipinski definition) is 4. The maximum Gasteiger partial charge on any atom is 0.227 e. The van der Waals surface area contributed by atoms with Crippen molar-refractivity contribution in [2.24, 2.45) is 0 Å². The molecule has 0 fully saturated rings. The molecule has 0 aliphatic heterocycles. The van der Waals surface area contributed by atoms with Crippen molar-refractivity contribution in [3.05, 3.63) is 39.7 Å². The summed E-state index contributed by atoms with van der Waals surface area (Å²) in [4.78, 5) is 8.41. The molecule has 1 aromatic heterocycles. The van der Waals surface area contributed by atoms with Gasteiger partial charge in [-0.3, -0.25) is 0 Å². The van der Waals surface area contributed by atoms with Gasteiger partial charge >= 0.3 is 0 Å². The lowest BCUT2D eigenvalue weighted by Crippen LogP contribution is -2.02. The number of hydrogen-bond donors (Lipinski definition) is 1. The van der Waals surface area contributed by atoms with Gasteiger partial charge < -0.3 is 10.1 Å². The summed E-state index contributed by atoms with van der Waals surface area (Å²) in [7, 11) is 1.84. The van der Waals surface area contributed by atoms with E-state index in [0.29, 0.717) is 5.88 Å². The monoisotopic (exact) mass is 355 g/mol. The number of nitrogens with zero attached hydrogens (tertiary/aromatic N) is 2. The number of ether oxygens (including phenoxy) is 1. The van der Waals surface area contributed by atoms with Gasteiger partial charge in [-0.05, 0) is 41.1 Å². The van der Waals surface area contributed by atoms with E-state index in [9.17, 15) is 0 Å². The standard InChI is InChI=1S/C13H14IN3O/c1-3-9-12(15-2)16-8-17-13(9)18-11-7-5-4-6-10(11)14/h4-8H,3H2,1-2H3,(H,15,16,17). The minimum absolute atomic E-state index is 0.612. The molecule has 0 aliphatic carbocycles. The molecule has 0 unspecified atom stereocenters. The van der Waals surface area contributed by atoms with Gasteiger partial charge in [0.25, 0.3) is 0 Å². The largest absolute Gasteiger partial charge is 0.437 e. The van der Waals surface area contributed by atoms with E-state index in [-0.39, 0.29) is 0 Å². The summed E-state index contributed by atoms with van der Waals surface area (Å²) in [5.41, 5.74) is 0.986. The third-order valence-electron chi connectivity index (χ3n) is 2.54. The highest BCUT2D eigenvalue weighted by Crippen LogP contribution is 2.29. The molecular formula is C13H14IN3O. The molecule has 0 aliphatic rings. The molecule has 0 atom stereocenters. The van der Waals surface area contributed by atoms with Crippen molar-refractivity contribution in [1.82, 2.24) is 9.97 Å². The van der Waals surface area contributed by atoms with Crippen molar-refractivity contribution in [3.63, 3.8) is 0 Å². The minimum atomic E-state index is 0.612. The fourth-order valence-corrected chi connectivity index (χ4v) is 2.15. The minimum Gasteiger partial charge on any atom is -0.437 e.